The van der Waals surface area contributed by atoms with Gasteiger partial charge in [0.15, 0.2) is 0 Å². The molecule has 2 rings (SSSR count). The van der Waals surface area contributed by atoms with Gasteiger partial charge in [0.2, 0.25) is 17.2 Å². The van der Waals surface area contributed by atoms with E-state index < -0.39 is 0 Å². The van der Waals surface area contributed by atoms with E-state index in [1.165, 1.54) is 25.9 Å². The van der Waals surface area contributed by atoms with E-state index in [2.05, 4.69) is 19.9 Å². The van der Waals surface area contributed by atoms with Crippen LogP contribution in [0.5, 0.6) is 0 Å². The maximum absolute atomic E-state index is 5.74. The van der Waals surface area contributed by atoms with E-state index >= 15 is 0 Å². The first kappa shape index (κ1) is 12.3. The molecule has 7 heteroatoms. The third kappa shape index (κ3) is 3.41. The maximum atomic E-state index is 5.74. The molecule has 0 aliphatic carbocycles. The number of nitrogens with two attached hydrogens (primary N) is 1. The van der Waals surface area contributed by atoms with Crippen LogP contribution in [0.4, 0.5) is 11.9 Å². The molecule has 0 unspecified atom stereocenters. The predicted octanol–water partition coefficient (Wildman–Crippen LogP) is 0.639. The fraction of sp³-hybridized carbons (Fsp3) is 0.700. The molecule has 0 aromatic carbocycles. The Bertz CT molecular complexity index is 359. The van der Waals surface area contributed by atoms with Crippen molar-refractivity contribution in [1.29, 1.82) is 0 Å². The van der Waals surface area contributed by atoms with Crippen molar-refractivity contribution in [3.05, 3.63) is 5.28 Å². The van der Waals surface area contributed by atoms with E-state index in [0.717, 1.165) is 13.1 Å². The van der Waals surface area contributed by atoms with Crippen molar-refractivity contribution in [3.63, 3.8) is 0 Å². The summed E-state index contributed by atoms with van der Waals surface area (Å²) in [5.41, 5.74) is 5.53. The van der Waals surface area contributed by atoms with Crippen LogP contribution in [0.2, 0.25) is 5.28 Å². The molecule has 1 saturated heterocycles. The van der Waals surface area contributed by atoms with Gasteiger partial charge in [0.1, 0.15) is 0 Å². The Kier molecular flexibility index (Phi) is 3.96. The Morgan fingerprint density at radius 1 is 1.29 bits per heavy atom. The lowest BCUT2D eigenvalue weighted by Crippen LogP contribution is -2.32. The van der Waals surface area contributed by atoms with Crippen molar-refractivity contribution < 1.29 is 0 Å². The fourth-order valence-electron chi connectivity index (χ4n) is 1.92. The molecule has 0 radical (unpaired) electrons. The molecule has 1 aliphatic heterocycles. The lowest BCUT2D eigenvalue weighted by Gasteiger charge is -2.21. The highest BCUT2D eigenvalue weighted by molar-refractivity contribution is 6.28. The lowest BCUT2D eigenvalue weighted by molar-refractivity contribution is 0.346. The summed E-state index contributed by atoms with van der Waals surface area (Å²) in [5.74, 6) is 0.690. The van der Waals surface area contributed by atoms with Gasteiger partial charge in [0.05, 0.1) is 0 Å². The predicted molar refractivity (Wildman–Crippen MR) is 68.2 cm³/mol. The molecule has 17 heavy (non-hydrogen) atoms. The lowest BCUT2D eigenvalue weighted by atomic mass is 10.4. The van der Waals surface area contributed by atoms with Crippen molar-refractivity contribution in [3.8, 4) is 0 Å². The van der Waals surface area contributed by atoms with Gasteiger partial charge in [0.25, 0.3) is 0 Å². The zero-order valence-electron chi connectivity index (χ0n) is 9.93. The Labute approximate surface area is 106 Å². The Balaban J connectivity index is 1.91. The van der Waals surface area contributed by atoms with Gasteiger partial charge < -0.3 is 15.5 Å². The molecule has 0 amide bonds. The normalized spacial score (nSPS) is 16.4. The number of anilines is 2. The highest BCUT2D eigenvalue weighted by Crippen LogP contribution is 2.11. The van der Waals surface area contributed by atoms with Crippen molar-refractivity contribution in [2.45, 2.75) is 12.8 Å². The third-order valence-electron chi connectivity index (χ3n) is 2.91. The van der Waals surface area contributed by atoms with Crippen molar-refractivity contribution in [2.24, 2.45) is 0 Å². The van der Waals surface area contributed by atoms with Crippen LogP contribution in [-0.4, -0.2) is 53.1 Å². The van der Waals surface area contributed by atoms with E-state index in [1.54, 1.807) is 0 Å². The van der Waals surface area contributed by atoms with E-state index in [4.69, 9.17) is 17.3 Å². The smallest absolute Gasteiger partial charge is 0.231 e. The molecule has 1 aliphatic rings. The number of likely N-dealkylation sites (tertiary alicyclic amines) is 1. The summed E-state index contributed by atoms with van der Waals surface area (Å²) in [7, 11) is 1.93. The van der Waals surface area contributed by atoms with Gasteiger partial charge >= 0.3 is 0 Å². The second-order valence-corrected chi connectivity index (χ2v) is 4.57. The van der Waals surface area contributed by atoms with E-state index in [1.807, 2.05) is 11.9 Å². The third-order valence-corrected chi connectivity index (χ3v) is 3.07. The van der Waals surface area contributed by atoms with E-state index in [-0.39, 0.29) is 11.2 Å². The summed E-state index contributed by atoms with van der Waals surface area (Å²) in [6.45, 7) is 4.25. The number of hydrogen-bond donors (Lipinski definition) is 1. The van der Waals surface area contributed by atoms with E-state index in [0.29, 0.717) is 5.95 Å². The summed E-state index contributed by atoms with van der Waals surface area (Å²) in [6, 6.07) is 0. The van der Waals surface area contributed by atoms with Gasteiger partial charge in [-0.15, -0.1) is 0 Å². The molecule has 2 N–H and O–H groups in total. The van der Waals surface area contributed by atoms with Crippen molar-refractivity contribution in [1.82, 2.24) is 19.9 Å². The number of nitrogen functional groups attached to an aromatic ring is 1. The Morgan fingerprint density at radius 2 is 2.00 bits per heavy atom. The fourth-order valence-corrected chi connectivity index (χ4v) is 2.09. The quantitative estimate of drug-likeness (QED) is 0.853. The largest absolute Gasteiger partial charge is 0.368 e. The standard InChI is InChI=1S/C10H17ClN6/c1-16(6-7-17-4-2-3-5-17)10-14-8(11)13-9(12)15-10/h2-7H2,1H3,(H2,12,13,14,15). The molecule has 1 aromatic rings. The summed E-state index contributed by atoms with van der Waals surface area (Å²) >= 11 is 5.74. The number of likely N-dealkylation sites (N-methyl/N-ethyl adjacent to an activating group) is 1. The topological polar surface area (TPSA) is 71.2 Å². The van der Waals surface area contributed by atoms with Crippen LogP contribution in [0, 0.1) is 0 Å². The SMILES string of the molecule is CN(CCN1CCCC1)c1nc(N)nc(Cl)n1. The minimum absolute atomic E-state index is 0.139. The summed E-state index contributed by atoms with van der Waals surface area (Å²) in [5, 5.41) is 0.139. The first-order valence-electron chi connectivity index (χ1n) is 5.76. The molecule has 0 bridgehead atoms. The molecule has 1 fully saturated rings. The number of hydrogen-bond acceptors (Lipinski definition) is 6. The van der Waals surface area contributed by atoms with Gasteiger partial charge in [-0.3, -0.25) is 0 Å². The molecule has 0 saturated carbocycles. The highest BCUT2D eigenvalue weighted by atomic mass is 35.5. The Morgan fingerprint density at radius 3 is 2.65 bits per heavy atom. The molecular weight excluding hydrogens is 240 g/mol. The first-order chi connectivity index (χ1) is 8.15. The van der Waals surface area contributed by atoms with Crippen LogP contribution >= 0.6 is 11.6 Å². The minimum atomic E-state index is 0.139. The molecule has 94 valence electrons. The summed E-state index contributed by atoms with van der Waals surface area (Å²) in [4.78, 5) is 16.2. The average Bonchev–Trinajstić information content (AvgIpc) is 2.77. The molecule has 6 nitrogen and oxygen atoms in total. The number of nitrogens with zero attached hydrogens (tertiary/aromatic N) is 5. The maximum Gasteiger partial charge on any atom is 0.231 e. The van der Waals surface area contributed by atoms with E-state index in [9.17, 15) is 0 Å². The number of halogens is 1. The molecular formula is C10H17ClN6. The minimum Gasteiger partial charge on any atom is -0.368 e. The van der Waals surface area contributed by atoms with Gasteiger partial charge in [-0.05, 0) is 37.5 Å². The van der Waals surface area contributed by atoms with Gasteiger partial charge in [-0.2, -0.15) is 15.0 Å². The average molecular weight is 257 g/mol. The molecule has 0 atom stereocenters. The van der Waals surface area contributed by atoms with Crippen molar-refractivity contribution in [2.75, 3.05) is 43.9 Å². The molecule has 2 heterocycles. The van der Waals surface area contributed by atoms with Crippen LogP contribution in [0.25, 0.3) is 0 Å². The Hall–Kier alpha value is -1.14. The molecule has 1 aromatic heterocycles. The van der Waals surface area contributed by atoms with Crippen LogP contribution in [0.1, 0.15) is 12.8 Å². The van der Waals surface area contributed by atoms with Crippen LogP contribution in [0.3, 0.4) is 0 Å². The first-order valence-corrected chi connectivity index (χ1v) is 6.13. The zero-order chi connectivity index (χ0) is 12.3. The van der Waals surface area contributed by atoms with Crippen LogP contribution in [0.15, 0.2) is 0 Å². The zero-order valence-corrected chi connectivity index (χ0v) is 10.7. The highest BCUT2D eigenvalue weighted by Gasteiger charge is 2.13. The number of rotatable bonds is 4. The van der Waals surface area contributed by atoms with Crippen LogP contribution in [-0.2, 0) is 0 Å². The summed E-state index contributed by atoms with van der Waals surface area (Å²) < 4.78 is 0. The second kappa shape index (κ2) is 5.46. The molecule has 0 spiro atoms. The van der Waals surface area contributed by atoms with Crippen LogP contribution < -0.4 is 10.6 Å². The van der Waals surface area contributed by atoms with Crippen molar-refractivity contribution >= 4 is 23.5 Å². The monoisotopic (exact) mass is 256 g/mol. The number of aromatic nitrogens is 3. The summed E-state index contributed by atoms with van der Waals surface area (Å²) in [6.07, 6.45) is 2.60. The van der Waals surface area contributed by atoms with Gasteiger partial charge in [-0.25, -0.2) is 0 Å². The van der Waals surface area contributed by atoms with Gasteiger partial charge in [-0.1, -0.05) is 0 Å². The second-order valence-electron chi connectivity index (χ2n) is 4.23. The van der Waals surface area contributed by atoms with Gasteiger partial charge in [0, 0.05) is 20.1 Å².